The lowest BCUT2D eigenvalue weighted by Crippen LogP contribution is -2.31. The average molecular weight is 353 g/mol. The molecule has 6 heteroatoms. The standard InChI is InChI=1S/C20H23N3O3/c1-13-16-7-5-6-8-17(16)23(22-13)14(2)20(24)21-12-15-9-10-18(25-3)19(11-15)26-4/h5-11,14H,12H2,1-4H3,(H,21,24)/t14-/m1/s1. The van der Waals surface area contributed by atoms with Crippen molar-refractivity contribution < 1.29 is 14.3 Å². The fraction of sp³-hybridized carbons (Fsp3) is 0.300. The van der Waals surface area contributed by atoms with Gasteiger partial charge in [-0.3, -0.25) is 9.48 Å². The number of fused-ring (bicyclic) bond motifs is 1. The van der Waals surface area contributed by atoms with E-state index in [1.807, 2.05) is 56.3 Å². The monoisotopic (exact) mass is 353 g/mol. The second-order valence-corrected chi connectivity index (χ2v) is 6.13. The minimum absolute atomic E-state index is 0.0898. The first-order valence-electron chi connectivity index (χ1n) is 8.47. The summed E-state index contributed by atoms with van der Waals surface area (Å²) in [7, 11) is 3.19. The third-order valence-electron chi connectivity index (χ3n) is 4.46. The van der Waals surface area contributed by atoms with E-state index in [1.165, 1.54) is 0 Å². The zero-order chi connectivity index (χ0) is 18.7. The Morgan fingerprint density at radius 2 is 1.88 bits per heavy atom. The molecule has 136 valence electrons. The molecule has 0 aliphatic rings. The van der Waals surface area contributed by atoms with E-state index in [2.05, 4.69) is 10.4 Å². The number of benzene rings is 2. The number of methoxy groups -OCH3 is 2. The number of nitrogens with zero attached hydrogens (tertiary/aromatic N) is 2. The van der Waals surface area contributed by atoms with E-state index in [0.29, 0.717) is 18.0 Å². The molecule has 0 spiro atoms. The van der Waals surface area contributed by atoms with Gasteiger partial charge in [0.25, 0.3) is 0 Å². The van der Waals surface area contributed by atoms with E-state index in [1.54, 1.807) is 18.9 Å². The van der Waals surface area contributed by atoms with Crippen molar-refractivity contribution in [3.8, 4) is 11.5 Å². The smallest absolute Gasteiger partial charge is 0.244 e. The molecule has 0 saturated carbocycles. The number of hydrogen-bond donors (Lipinski definition) is 1. The number of rotatable bonds is 6. The second kappa shape index (κ2) is 7.47. The third kappa shape index (κ3) is 3.35. The molecule has 1 N–H and O–H groups in total. The van der Waals surface area contributed by atoms with Gasteiger partial charge in [-0.1, -0.05) is 24.3 Å². The highest BCUT2D eigenvalue weighted by Gasteiger charge is 2.19. The molecule has 6 nitrogen and oxygen atoms in total. The first kappa shape index (κ1) is 17.8. The summed E-state index contributed by atoms with van der Waals surface area (Å²) in [4.78, 5) is 12.6. The predicted octanol–water partition coefficient (Wildman–Crippen LogP) is 3.24. The Morgan fingerprint density at radius 3 is 2.62 bits per heavy atom. The van der Waals surface area contributed by atoms with E-state index in [0.717, 1.165) is 22.2 Å². The zero-order valence-corrected chi connectivity index (χ0v) is 15.4. The van der Waals surface area contributed by atoms with Crippen LogP contribution < -0.4 is 14.8 Å². The second-order valence-electron chi connectivity index (χ2n) is 6.13. The summed E-state index contributed by atoms with van der Waals surface area (Å²) in [6, 6.07) is 13.1. The van der Waals surface area contributed by atoms with Gasteiger partial charge in [-0.25, -0.2) is 0 Å². The largest absolute Gasteiger partial charge is 0.493 e. The summed E-state index contributed by atoms with van der Waals surface area (Å²) < 4.78 is 12.3. The quantitative estimate of drug-likeness (QED) is 0.739. The summed E-state index contributed by atoms with van der Waals surface area (Å²) in [6.45, 7) is 4.21. The van der Waals surface area contributed by atoms with Gasteiger partial charge in [-0.05, 0) is 37.6 Å². The van der Waals surface area contributed by atoms with Crippen molar-refractivity contribution in [3.63, 3.8) is 0 Å². The Balaban J connectivity index is 1.73. The Morgan fingerprint density at radius 1 is 1.15 bits per heavy atom. The zero-order valence-electron chi connectivity index (χ0n) is 15.4. The van der Waals surface area contributed by atoms with Gasteiger partial charge in [-0.2, -0.15) is 5.10 Å². The minimum Gasteiger partial charge on any atom is -0.493 e. The highest BCUT2D eigenvalue weighted by Crippen LogP contribution is 2.27. The van der Waals surface area contributed by atoms with Gasteiger partial charge in [0.15, 0.2) is 11.5 Å². The van der Waals surface area contributed by atoms with E-state index in [4.69, 9.17) is 9.47 Å². The van der Waals surface area contributed by atoms with Crippen LogP contribution in [0.4, 0.5) is 0 Å². The molecule has 0 saturated heterocycles. The normalized spacial score (nSPS) is 12.0. The van der Waals surface area contributed by atoms with Crippen molar-refractivity contribution in [1.82, 2.24) is 15.1 Å². The van der Waals surface area contributed by atoms with Crippen LogP contribution in [0, 0.1) is 6.92 Å². The summed E-state index contributed by atoms with van der Waals surface area (Å²) in [5.41, 5.74) is 2.81. The van der Waals surface area contributed by atoms with Gasteiger partial charge < -0.3 is 14.8 Å². The van der Waals surface area contributed by atoms with Gasteiger partial charge in [0.05, 0.1) is 25.4 Å². The van der Waals surface area contributed by atoms with Crippen LogP contribution in [0.3, 0.4) is 0 Å². The highest BCUT2D eigenvalue weighted by atomic mass is 16.5. The predicted molar refractivity (Wildman–Crippen MR) is 101 cm³/mol. The molecular weight excluding hydrogens is 330 g/mol. The fourth-order valence-corrected chi connectivity index (χ4v) is 2.98. The summed E-state index contributed by atoms with van der Waals surface area (Å²) in [6.07, 6.45) is 0. The van der Waals surface area contributed by atoms with Crippen molar-refractivity contribution in [2.24, 2.45) is 0 Å². The number of nitrogens with one attached hydrogen (secondary N) is 1. The molecule has 3 aromatic rings. The molecular formula is C20H23N3O3. The molecule has 1 amide bonds. The van der Waals surface area contributed by atoms with Crippen LogP contribution >= 0.6 is 0 Å². The number of amides is 1. The Bertz CT molecular complexity index is 933. The number of carbonyl (C=O) groups is 1. The lowest BCUT2D eigenvalue weighted by atomic mass is 10.2. The van der Waals surface area contributed by atoms with Crippen molar-refractivity contribution in [2.45, 2.75) is 26.4 Å². The molecule has 2 aromatic carbocycles. The van der Waals surface area contributed by atoms with Crippen LogP contribution in [0.2, 0.25) is 0 Å². The summed E-state index contributed by atoms with van der Waals surface area (Å²) in [5.74, 6) is 1.21. The maximum Gasteiger partial charge on any atom is 0.244 e. The van der Waals surface area contributed by atoms with Gasteiger partial charge >= 0.3 is 0 Å². The van der Waals surface area contributed by atoms with E-state index < -0.39 is 6.04 Å². The molecule has 1 aromatic heterocycles. The van der Waals surface area contributed by atoms with Crippen LogP contribution in [0.15, 0.2) is 42.5 Å². The van der Waals surface area contributed by atoms with Crippen LogP contribution in [-0.2, 0) is 11.3 Å². The molecule has 26 heavy (non-hydrogen) atoms. The Labute approximate surface area is 152 Å². The minimum atomic E-state index is -0.409. The molecule has 0 aliphatic carbocycles. The number of para-hydroxylation sites is 1. The van der Waals surface area contributed by atoms with Crippen LogP contribution in [0.25, 0.3) is 10.9 Å². The SMILES string of the molecule is COc1ccc(CNC(=O)[C@@H](C)n2nc(C)c3ccccc32)cc1OC. The molecule has 3 rings (SSSR count). The molecule has 0 radical (unpaired) electrons. The van der Waals surface area contributed by atoms with Crippen molar-refractivity contribution in [3.05, 3.63) is 53.7 Å². The summed E-state index contributed by atoms with van der Waals surface area (Å²) in [5, 5.41) is 8.56. The fourth-order valence-electron chi connectivity index (χ4n) is 2.98. The molecule has 0 bridgehead atoms. The van der Waals surface area contributed by atoms with Gasteiger partial charge in [0.2, 0.25) is 5.91 Å². The lowest BCUT2D eigenvalue weighted by Gasteiger charge is -2.15. The lowest BCUT2D eigenvalue weighted by molar-refractivity contribution is -0.124. The number of aryl methyl sites for hydroxylation is 1. The molecule has 1 atom stereocenters. The third-order valence-corrected chi connectivity index (χ3v) is 4.46. The Kier molecular flexibility index (Phi) is 5.11. The van der Waals surface area contributed by atoms with Crippen LogP contribution in [0.1, 0.15) is 24.2 Å². The number of aromatic nitrogens is 2. The van der Waals surface area contributed by atoms with E-state index in [-0.39, 0.29) is 5.91 Å². The van der Waals surface area contributed by atoms with E-state index in [9.17, 15) is 4.79 Å². The molecule has 0 fully saturated rings. The first-order chi connectivity index (χ1) is 12.5. The van der Waals surface area contributed by atoms with Crippen molar-refractivity contribution >= 4 is 16.8 Å². The van der Waals surface area contributed by atoms with Crippen molar-refractivity contribution in [2.75, 3.05) is 14.2 Å². The molecule has 0 aliphatic heterocycles. The van der Waals surface area contributed by atoms with Crippen LogP contribution in [0.5, 0.6) is 11.5 Å². The summed E-state index contributed by atoms with van der Waals surface area (Å²) >= 11 is 0. The Hall–Kier alpha value is -3.02. The number of ether oxygens (including phenoxy) is 2. The van der Waals surface area contributed by atoms with E-state index >= 15 is 0 Å². The topological polar surface area (TPSA) is 65.4 Å². The number of hydrogen-bond acceptors (Lipinski definition) is 4. The van der Waals surface area contributed by atoms with Crippen LogP contribution in [-0.4, -0.2) is 29.9 Å². The maximum atomic E-state index is 12.6. The molecule has 1 heterocycles. The maximum absolute atomic E-state index is 12.6. The first-order valence-corrected chi connectivity index (χ1v) is 8.47. The average Bonchev–Trinajstić information content (AvgIpc) is 3.02. The van der Waals surface area contributed by atoms with Gasteiger partial charge in [0.1, 0.15) is 6.04 Å². The highest BCUT2D eigenvalue weighted by molar-refractivity contribution is 5.86. The number of carbonyl (C=O) groups excluding carboxylic acids is 1. The van der Waals surface area contributed by atoms with Gasteiger partial charge in [-0.15, -0.1) is 0 Å². The van der Waals surface area contributed by atoms with Gasteiger partial charge in [0, 0.05) is 11.9 Å². The molecule has 0 unspecified atom stereocenters. The van der Waals surface area contributed by atoms with Crippen molar-refractivity contribution in [1.29, 1.82) is 0 Å².